The lowest BCUT2D eigenvalue weighted by Gasteiger charge is -2.40. The molecule has 0 bridgehead atoms. The van der Waals surface area contributed by atoms with Crippen LogP contribution in [0, 0.1) is 0 Å². The van der Waals surface area contributed by atoms with Crippen LogP contribution in [0.2, 0.25) is 0 Å². The molecule has 0 aromatic heterocycles. The minimum absolute atomic E-state index is 0.0632. The summed E-state index contributed by atoms with van der Waals surface area (Å²) in [6, 6.07) is 9.92. The maximum atomic E-state index is 9.33. The Hall–Kier alpha value is -0.940. The number of hydrogen-bond donors (Lipinski definition) is 1. The van der Waals surface area contributed by atoms with E-state index in [1.807, 2.05) is 44.2 Å². The van der Waals surface area contributed by atoms with Gasteiger partial charge < -0.3 is 19.3 Å². The molecule has 1 aromatic rings. The van der Waals surface area contributed by atoms with Crippen molar-refractivity contribution in [1.29, 1.82) is 0 Å². The van der Waals surface area contributed by atoms with E-state index in [0.29, 0.717) is 13.2 Å². The first-order valence-corrected chi connectivity index (χ1v) is 6.19. The molecule has 18 heavy (non-hydrogen) atoms. The first-order valence-electron chi connectivity index (χ1n) is 6.19. The second kappa shape index (κ2) is 5.80. The van der Waals surface area contributed by atoms with Crippen LogP contribution in [0.15, 0.2) is 30.3 Å². The average molecular weight is 252 g/mol. The van der Waals surface area contributed by atoms with E-state index in [1.54, 1.807) is 0 Å². The molecule has 1 saturated heterocycles. The van der Waals surface area contributed by atoms with Crippen LogP contribution in [-0.2, 0) is 20.8 Å². The minimum Gasteiger partial charge on any atom is -0.394 e. The lowest BCUT2D eigenvalue weighted by Crippen LogP contribution is -2.51. The molecule has 100 valence electrons. The second-order valence-corrected chi connectivity index (χ2v) is 4.88. The molecule has 1 fully saturated rings. The van der Waals surface area contributed by atoms with Crippen molar-refractivity contribution in [2.75, 3.05) is 13.2 Å². The van der Waals surface area contributed by atoms with Gasteiger partial charge in [0, 0.05) is 0 Å². The smallest absolute Gasteiger partial charge is 0.163 e. The van der Waals surface area contributed by atoms with Crippen molar-refractivity contribution in [2.24, 2.45) is 0 Å². The fourth-order valence-electron chi connectivity index (χ4n) is 1.95. The van der Waals surface area contributed by atoms with Crippen molar-refractivity contribution in [2.45, 2.75) is 38.4 Å². The zero-order valence-electron chi connectivity index (χ0n) is 10.8. The van der Waals surface area contributed by atoms with Gasteiger partial charge in [0.25, 0.3) is 0 Å². The minimum atomic E-state index is -0.653. The molecule has 0 amide bonds. The lowest BCUT2D eigenvalue weighted by atomic mass is 10.1. The molecule has 4 heteroatoms. The van der Waals surface area contributed by atoms with Crippen molar-refractivity contribution >= 4 is 0 Å². The molecule has 0 aliphatic carbocycles. The first kappa shape index (κ1) is 13.5. The Morgan fingerprint density at radius 1 is 1.33 bits per heavy atom. The van der Waals surface area contributed by atoms with E-state index in [1.165, 1.54) is 0 Å². The highest BCUT2D eigenvalue weighted by Crippen LogP contribution is 2.24. The number of aliphatic hydroxyl groups is 1. The zero-order chi connectivity index (χ0) is 13.0. The Labute approximate surface area is 107 Å². The van der Waals surface area contributed by atoms with Crippen LogP contribution >= 0.6 is 0 Å². The van der Waals surface area contributed by atoms with E-state index in [2.05, 4.69) is 0 Å². The van der Waals surface area contributed by atoms with E-state index >= 15 is 0 Å². The van der Waals surface area contributed by atoms with Gasteiger partial charge in [-0.25, -0.2) is 0 Å². The molecule has 0 saturated carbocycles. The molecule has 1 aromatic carbocycles. The van der Waals surface area contributed by atoms with Crippen molar-refractivity contribution in [1.82, 2.24) is 0 Å². The Morgan fingerprint density at radius 3 is 2.72 bits per heavy atom. The quantitative estimate of drug-likeness (QED) is 0.886. The molecule has 0 radical (unpaired) electrons. The van der Waals surface area contributed by atoms with Gasteiger partial charge in [-0.1, -0.05) is 30.3 Å². The lowest BCUT2D eigenvalue weighted by molar-refractivity contribution is -0.316. The van der Waals surface area contributed by atoms with Crippen LogP contribution < -0.4 is 0 Å². The number of aliphatic hydroxyl groups excluding tert-OH is 1. The summed E-state index contributed by atoms with van der Waals surface area (Å²) < 4.78 is 16.9. The Bertz CT molecular complexity index is 363. The van der Waals surface area contributed by atoms with Gasteiger partial charge in [-0.05, 0) is 19.4 Å². The van der Waals surface area contributed by atoms with Gasteiger partial charge in [0.05, 0.1) is 19.8 Å². The molecule has 1 aliphatic rings. The fourth-order valence-corrected chi connectivity index (χ4v) is 1.95. The normalized spacial score (nSPS) is 27.1. The third-order valence-electron chi connectivity index (χ3n) is 2.93. The number of benzene rings is 1. The van der Waals surface area contributed by atoms with Gasteiger partial charge in [0.15, 0.2) is 5.79 Å². The van der Waals surface area contributed by atoms with Gasteiger partial charge >= 0.3 is 0 Å². The molecule has 0 unspecified atom stereocenters. The standard InChI is InChI=1S/C14H20O4/c1-14(2)17-10-13(12(8-15)18-14)16-9-11-6-4-3-5-7-11/h3-7,12-13,15H,8-10H2,1-2H3/t12-,13-/m1/s1. The Kier molecular flexibility index (Phi) is 4.35. The van der Waals surface area contributed by atoms with Crippen LogP contribution in [0.25, 0.3) is 0 Å². The van der Waals surface area contributed by atoms with Crippen LogP contribution in [0.4, 0.5) is 0 Å². The van der Waals surface area contributed by atoms with Crippen molar-refractivity contribution < 1.29 is 19.3 Å². The maximum absolute atomic E-state index is 9.33. The summed E-state index contributed by atoms with van der Waals surface area (Å²) in [5.74, 6) is -0.653. The second-order valence-electron chi connectivity index (χ2n) is 4.88. The Balaban J connectivity index is 1.89. The van der Waals surface area contributed by atoms with Crippen molar-refractivity contribution in [3.05, 3.63) is 35.9 Å². The van der Waals surface area contributed by atoms with Crippen LogP contribution in [0.3, 0.4) is 0 Å². The van der Waals surface area contributed by atoms with Gasteiger partial charge in [-0.15, -0.1) is 0 Å². The van der Waals surface area contributed by atoms with E-state index < -0.39 is 5.79 Å². The summed E-state index contributed by atoms with van der Waals surface area (Å²) in [7, 11) is 0. The van der Waals surface area contributed by atoms with E-state index in [-0.39, 0.29) is 18.8 Å². The summed E-state index contributed by atoms with van der Waals surface area (Å²) in [6.45, 7) is 4.54. The van der Waals surface area contributed by atoms with Gasteiger partial charge in [0.1, 0.15) is 12.2 Å². The topological polar surface area (TPSA) is 47.9 Å². The van der Waals surface area contributed by atoms with E-state index in [0.717, 1.165) is 5.56 Å². The summed E-state index contributed by atoms with van der Waals surface area (Å²) in [4.78, 5) is 0. The third-order valence-corrected chi connectivity index (χ3v) is 2.93. The predicted octanol–water partition coefficient (Wildman–Crippen LogP) is 1.72. The summed E-state index contributed by atoms with van der Waals surface area (Å²) in [6.07, 6.45) is -0.569. The summed E-state index contributed by atoms with van der Waals surface area (Å²) >= 11 is 0. The monoisotopic (exact) mass is 252 g/mol. The SMILES string of the molecule is CC1(C)OC[C@@H](OCc2ccccc2)[C@@H](CO)O1. The number of hydrogen-bond acceptors (Lipinski definition) is 4. The van der Waals surface area contributed by atoms with E-state index in [4.69, 9.17) is 14.2 Å². The molecule has 0 spiro atoms. The van der Waals surface area contributed by atoms with Gasteiger partial charge in [-0.3, -0.25) is 0 Å². The number of ether oxygens (including phenoxy) is 3. The first-order chi connectivity index (χ1) is 8.61. The van der Waals surface area contributed by atoms with Gasteiger partial charge in [-0.2, -0.15) is 0 Å². The third kappa shape index (κ3) is 3.53. The molecular weight excluding hydrogens is 232 g/mol. The zero-order valence-corrected chi connectivity index (χ0v) is 10.8. The van der Waals surface area contributed by atoms with E-state index in [9.17, 15) is 5.11 Å². The fraction of sp³-hybridized carbons (Fsp3) is 0.571. The van der Waals surface area contributed by atoms with Crippen molar-refractivity contribution in [3.8, 4) is 0 Å². The summed E-state index contributed by atoms with van der Waals surface area (Å²) in [5.41, 5.74) is 1.10. The van der Waals surface area contributed by atoms with Gasteiger partial charge in [0.2, 0.25) is 0 Å². The molecule has 1 heterocycles. The molecule has 1 N–H and O–H groups in total. The maximum Gasteiger partial charge on any atom is 0.163 e. The summed E-state index contributed by atoms with van der Waals surface area (Å²) in [5, 5.41) is 9.33. The molecule has 1 aliphatic heterocycles. The highest BCUT2D eigenvalue weighted by atomic mass is 16.7. The van der Waals surface area contributed by atoms with Crippen molar-refractivity contribution in [3.63, 3.8) is 0 Å². The highest BCUT2D eigenvalue weighted by Gasteiger charge is 2.36. The van der Waals surface area contributed by atoms with Crippen LogP contribution in [0.5, 0.6) is 0 Å². The highest BCUT2D eigenvalue weighted by molar-refractivity contribution is 5.13. The predicted molar refractivity (Wildman–Crippen MR) is 67.0 cm³/mol. The largest absolute Gasteiger partial charge is 0.394 e. The van der Waals surface area contributed by atoms with Crippen LogP contribution in [-0.4, -0.2) is 36.3 Å². The molecule has 4 nitrogen and oxygen atoms in total. The molecular formula is C14H20O4. The molecule has 2 rings (SSSR count). The van der Waals surface area contributed by atoms with Crippen LogP contribution in [0.1, 0.15) is 19.4 Å². The Morgan fingerprint density at radius 2 is 2.06 bits per heavy atom. The average Bonchev–Trinajstić information content (AvgIpc) is 2.37. The molecule has 2 atom stereocenters. The number of rotatable bonds is 4.